The predicted molar refractivity (Wildman–Crippen MR) is 131 cm³/mol. The van der Waals surface area contributed by atoms with Crippen molar-refractivity contribution in [2.45, 2.75) is 32.7 Å². The molecular formula is C23H34N6O4S. The lowest BCUT2D eigenvalue weighted by molar-refractivity contribution is 0.0685. The number of nitrogens with zero attached hydrogens (tertiary/aromatic N) is 6. The maximum atomic E-state index is 13.5. The van der Waals surface area contributed by atoms with Crippen LogP contribution in [0.1, 0.15) is 36.7 Å². The van der Waals surface area contributed by atoms with E-state index < -0.39 is 10.2 Å². The van der Waals surface area contributed by atoms with Gasteiger partial charge >= 0.3 is 0 Å². The number of carbonyl (C=O) groups excluding carboxylic acids is 1. The summed E-state index contributed by atoms with van der Waals surface area (Å²) in [6.07, 6.45) is 2.82. The number of unbranched alkanes of at least 4 members (excludes halogenated alkanes) is 2. The molecule has 0 unspecified atom stereocenters. The number of hydrogen-bond donors (Lipinski definition) is 0. The largest absolute Gasteiger partial charge is 0.335 e. The Morgan fingerprint density at radius 3 is 2.12 bits per heavy atom. The number of benzene rings is 1. The molecule has 11 heteroatoms. The van der Waals surface area contributed by atoms with Gasteiger partial charge in [0.1, 0.15) is 0 Å². The molecule has 2 fully saturated rings. The van der Waals surface area contributed by atoms with Crippen molar-refractivity contribution >= 4 is 26.9 Å². The van der Waals surface area contributed by atoms with Gasteiger partial charge in [-0.1, -0.05) is 38.0 Å². The van der Waals surface area contributed by atoms with Crippen LogP contribution in [0.15, 0.2) is 29.1 Å². The van der Waals surface area contributed by atoms with Crippen LogP contribution in [0, 0.1) is 0 Å². The zero-order chi connectivity index (χ0) is 24.3. The van der Waals surface area contributed by atoms with Crippen LogP contribution in [0.2, 0.25) is 0 Å². The van der Waals surface area contributed by atoms with Crippen molar-refractivity contribution < 1.29 is 13.2 Å². The van der Waals surface area contributed by atoms with E-state index in [9.17, 15) is 18.0 Å². The molecule has 3 heterocycles. The van der Waals surface area contributed by atoms with Gasteiger partial charge in [0.25, 0.3) is 21.7 Å². The highest BCUT2D eigenvalue weighted by atomic mass is 32.2. The summed E-state index contributed by atoms with van der Waals surface area (Å²) in [6, 6.07) is 7.06. The van der Waals surface area contributed by atoms with E-state index in [1.165, 1.54) is 13.3 Å². The molecule has 0 atom stereocenters. The number of fused-ring (bicyclic) bond motifs is 1. The second kappa shape index (κ2) is 10.5. The van der Waals surface area contributed by atoms with Crippen molar-refractivity contribution in [2.24, 2.45) is 0 Å². The number of hydrogen-bond acceptors (Lipinski definition) is 6. The van der Waals surface area contributed by atoms with Crippen LogP contribution in [-0.4, -0.2) is 102 Å². The van der Waals surface area contributed by atoms with Gasteiger partial charge in [0.05, 0.1) is 5.39 Å². The van der Waals surface area contributed by atoms with Crippen molar-refractivity contribution in [3.8, 4) is 0 Å². The highest BCUT2D eigenvalue weighted by Gasteiger charge is 2.35. The highest BCUT2D eigenvalue weighted by molar-refractivity contribution is 7.86. The molecule has 2 aliphatic heterocycles. The lowest BCUT2D eigenvalue weighted by Gasteiger charge is -2.39. The summed E-state index contributed by atoms with van der Waals surface area (Å²) < 4.78 is 30.5. The first-order valence-corrected chi connectivity index (χ1v) is 13.5. The minimum Gasteiger partial charge on any atom is -0.335 e. The number of carbonyl (C=O) groups is 1. The van der Waals surface area contributed by atoms with Crippen LogP contribution >= 0.6 is 0 Å². The van der Waals surface area contributed by atoms with E-state index in [2.05, 4.69) is 16.9 Å². The van der Waals surface area contributed by atoms with Crippen molar-refractivity contribution in [3.63, 3.8) is 0 Å². The van der Waals surface area contributed by atoms with Gasteiger partial charge in [0.15, 0.2) is 5.69 Å². The molecule has 2 aromatic rings. The fraction of sp³-hybridized carbons (Fsp3) is 0.609. The molecule has 1 amide bonds. The van der Waals surface area contributed by atoms with Crippen molar-refractivity contribution in [1.29, 1.82) is 0 Å². The third-order valence-electron chi connectivity index (χ3n) is 6.68. The summed E-state index contributed by atoms with van der Waals surface area (Å²) in [7, 11) is -1.56. The lowest BCUT2D eigenvalue weighted by Crippen LogP contribution is -2.57. The number of aromatic nitrogens is 2. The van der Waals surface area contributed by atoms with E-state index in [1.54, 1.807) is 29.2 Å². The van der Waals surface area contributed by atoms with Gasteiger partial charge in [0, 0.05) is 64.3 Å². The van der Waals surface area contributed by atoms with Crippen molar-refractivity contribution in [2.75, 3.05) is 59.4 Å². The molecular weight excluding hydrogens is 456 g/mol. The van der Waals surface area contributed by atoms with Gasteiger partial charge in [-0.25, -0.2) is 4.68 Å². The van der Waals surface area contributed by atoms with Gasteiger partial charge in [-0.15, -0.1) is 0 Å². The molecule has 4 rings (SSSR count). The molecule has 0 aliphatic carbocycles. The summed E-state index contributed by atoms with van der Waals surface area (Å²) in [5.41, 5.74) is 0.0633. The topological polar surface area (TPSA) is 99.1 Å². The van der Waals surface area contributed by atoms with E-state index in [1.807, 2.05) is 7.05 Å². The van der Waals surface area contributed by atoms with Gasteiger partial charge in [-0.3, -0.25) is 9.59 Å². The summed E-state index contributed by atoms with van der Waals surface area (Å²) in [6.45, 7) is 6.01. The van der Waals surface area contributed by atoms with E-state index in [-0.39, 0.29) is 43.3 Å². The molecule has 186 valence electrons. The van der Waals surface area contributed by atoms with Gasteiger partial charge in [-0.2, -0.15) is 22.1 Å². The number of amides is 1. The normalized spacial score (nSPS) is 19.1. The molecule has 34 heavy (non-hydrogen) atoms. The van der Waals surface area contributed by atoms with Gasteiger partial charge in [-0.05, 0) is 19.5 Å². The second-order valence-corrected chi connectivity index (χ2v) is 11.0. The Morgan fingerprint density at radius 2 is 1.50 bits per heavy atom. The van der Waals surface area contributed by atoms with Crippen LogP contribution < -0.4 is 5.56 Å². The molecule has 1 aromatic carbocycles. The SMILES string of the molecule is CCCCCn1nc(C(=O)N2CCN(S(=O)(=O)N3CCN(C)CC3)CC2)c2ccccc2c1=O. The smallest absolute Gasteiger partial charge is 0.282 e. The fourth-order valence-corrected chi connectivity index (χ4v) is 6.09. The second-order valence-electron chi connectivity index (χ2n) is 9.03. The first-order valence-electron chi connectivity index (χ1n) is 12.1. The Balaban J connectivity index is 1.51. The van der Waals surface area contributed by atoms with E-state index in [4.69, 9.17) is 0 Å². The Hall–Kier alpha value is -2.34. The third-order valence-corrected chi connectivity index (χ3v) is 8.72. The minimum atomic E-state index is -3.54. The third kappa shape index (κ3) is 5.02. The minimum absolute atomic E-state index is 0.189. The monoisotopic (exact) mass is 490 g/mol. The molecule has 0 bridgehead atoms. The highest BCUT2D eigenvalue weighted by Crippen LogP contribution is 2.19. The molecule has 0 saturated carbocycles. The first-order chi connectivity index (χ1) is 16.3. The average Bonchev–Trinajstić information content (AvgIpc) is 2.85. The van der Waals surface area contributed by atoms with Crippen molar-refractivity contribution in [3.05, 3.63) is 40.3 Å². The molecule has 2 aliphatic rings. The maximum Gasteiger partial charge on any atom is 0.282 e. The predicted octanol–water partition coefficient (Wildman–Crippen LogP) is 0.837. The zero-order valence-electron chi connectivity index (χ0n) is 20.0. The quantitative estimate of drug-likeness (QED) is 0.534. The molecule has 0 spiro atoms. The van der Waals surface area contributed by atoms with Crippen LogP contribution in [0.4, 0.5) is 0 Å². The van der Waals surface area contributed by atoms with Crippen LogP contribution in [0.5, 0.6) is 0 Å². The molecule has 10 nitrogen and oxygen atoms in total. The standard InChI is InChI=1S/C23H34N6O4S/c1-3-4-7-10-29-22(30)20-9-6-5-8-19(20)21(24-29)23(31)26-13-17-28(18-14-26)34(32,33)27-15-11-25(2)12-16-27/h5-6,8-9H,3-4,7,10-18H2,1-2H3. The van der Waals surface area contributed by atoms with Crippen LogP contribution in [0.3, 0.4) is 0 Å². The van der Waals surface area contributed by atoms with E-state index >= 15 is 0 Å². The number of piperazine rings is 2. The number of aryl methyl sites for hydroxylation is 1. The van der Waals surface area contributed by atoms with Crippen LogP contribution in [-0.2, 0) is 16.8 Å². The first kappa shape index (κ1) is 24.8. The Labute approximate surface area is 200 Å². The molecule has 1 aromatic heterocycles. The van der Waals surface area contributed by atoms with Gasteiger partial charge in [0.2, 0.25) is 0 Å². The average molecular weight is 491 g/mol. The molecule has 2 saturated heterocycles. The Bertz CT molecular complexity index is 1180. The molecule has 0 N–H and O–H groups in total. The Morgan fingerprint density at radius 1 is 0.912 bits per heavy atom. The fourth-order valence-electron chi connectivity index (χ4n) is 4.51. The summed E-state index contributed by atoms with van der Waals surface area (Å²) in [5, 5.41) is 5.48. The van der Waals surface area contributed by atoms with Crippen molar-refractivity contribution in [1.82, 2.24) is 28.2 Å². The summed E-state index contributed by atoms with van der Waals surface area (Å²) >= 11 is 0. The van der Waals surface area contributed by atoms with Crippen LogP contribution in [0.25, 0.3) is 10.8 Å². The zero-order valence-corrected chi connectivity index (χ0v) is 20.8. The summed E-state index contributed by atoms with van der Waals surface area (Å²) in [5.74, 6) is -0.267. The Kier molecular flexibility index (Phi) is 7.66. The van der Waals surface area contributed by atoms with E-state index in [0.29, 0.717) is 43.5 Å². The molecule has 0 radical (unpaired) electrons. The summed E-state index contributed by atoms with van der Waals surface area (Å²) in [4.78, 5) is 30.1. The van der Waals surface area contributed by atoms with E-state index in [0.717, 1.165) is 19.3 Å². The lowest BCUT2D eigenvalue weighted by atomic mass is 10.1. The number of likely N-dealkylation sites (N-methyl/N-ethyl adjacent to an activating group) is 1. The number of rotatable bonds is 7. The maximum absolute atomic E-state index is 13.5. The van der Waals surface area contributed by atoms with Gasteiger partial charge < -0.3 is 9.80 Å².